The van der Waals surface area contributed by atoms with Crippen LogP contribution in [0.2, 0.25) is 0 Å². The van der Waals surface area contributed by atoms with Crippen LogP contribution in [0.15, 0.2) is 59.1 Å². The lowest BCUT2D eigenvalue weighted by molar-refractivity contribution is 0.505. The maximum absolute atomic E-state index is 12.1. The van der Waals surface area contributed by atoms with Crippen molar-refractivity contribution in [2.24, 2.45) is 7.05 Å². The van der Waals surface area contributed by atoms with Crippen LogP contribution in [0.5, 0.6) is 0 Å². The topological polar surface area (TPSA) is 77.1 Å². The van der Waals surface area contributed by atoms with Crippen molar-refractivity contribution < 1.29 is 12.8 Å². The summed E-state index contributed by atoms with van der Waals surface area (Å²) in [6.07, 6.45) is 2.17. The monoisotopic (exact) mass is 345 g/mol. The average molecular weight is 345 g/mol. The fourth-order valence-electron chi connectivity index (χ4n) is 2.38. The van der Waals surface area contributed by atoms with Crippen molar-refractivity contribution in [3.05, 3.63) is 66.1 Å². The Balaban J connectivity index is 1.57. The quantitative estimate of drug-likeness (QED) is 0.713. The molecule has 6 nitrogen and oxygen atoms in total. The Labute approximate surface area is 141 Å². The summed E-state index contributed by atoms with van der Waals surface area (Å²) in [6, 6.07) is 15.0. The summed E-state index contributed by atoms with van der Waals surface area (Å²) >= 11 is 0. The second-order valence-electron chi connectivity index (χ2n) is 5.48. The van der Waals surface area contributed by atoms with Crippen LogP contribution in [-0.4, -0.2) is 24.0 Å². The number of sulfonamides is 1. The van der Waals surface area contributed by atoms with Crippen LogP contribution < -0.4 is 4.72 Å². The van der Waals surface area contributed by atoms with Crippen molar-refractivity contribution in [2.45, 2.75) is 13.0 Å². The van der Waals surface area contributed by atoms with Gasteiger partial charge in [0.05, 0.1) is 12.3 Å². The van der Waals surface area contributed by atoms with E-state index >= 15 is 0 Å². The van der Waals surface area contributed by atoms with Gasteiger partial charge in [0.1, 0.15) is 11.5 Å². The van der Waals surface area contributed by atoms with Crippen LogP contribution in [0.1, 0.15) is 11.3 Å². The van der Waals surface area contributed by atoms with Crippen LogP contribution in [0.4, 0.5) is 0 Å². The van der Waals surface area contributed by atoms with E-state index in [1.165, 1.54) is 0 Å². The molecule has 0 saturated carbocycles. The molecule has 0 saturated heterocycles. The Morgan fingerprint density at radius 1 is 1.12 bits per heavy atom. The third-order valence-corrected chi connectivity index (χ3v) is 5.03. The van der Waals surface area contributed by atoms with Crippen LogP contribution in [-0.2, 0) is 30.0 Å². The number of benzene rings is 1. The van der Waals surface area contributed by atoms with E-state index in [1.807, 2.05) is 49.5 Å². The number of hydrogen-bond acceptors (Lipinski definition) is 4. The van der Waals surface area contributed by atoms with E-state index < -0.39 is 10.0 Å². The van der Waals surface area contributed by atoms with Gasteiger partial charge in [-0.3, -0.25) is 4.68 Å². The van der Waals surface area contributed by atoms with Crippen molar-refractivity contribution in [2.75, 3.05) is 5.75 Å². The smallest absolute Gasteiger partial charge is 0.212 e. The Bertz CT molecular complexity index is 898. The molecule has 3 rings (SSSR count). The molecule has 2 aromatic heterocycles. The average Bonchev–Trinajstić information content (AvgIpc) is 3.21. The van der Waals surface area contributed by atoms with E-state index in [9.17, 15) is 8.42 Å². The number of nitrogens with zero attached hydrogens (tertiary/aromatic N) is 2. The molecule has 0 bridgehead atoms. The lowest BCUT2D eigenvalue weighted by Gasteiger charge is -2.05. The minimum Gasteiger partial charge on any atom is -0.458 e. The molecule has 2 heterocycles. The SMILES string of the molecule is Cn1nccc1-c1ccc(CNS(=O)(=O)CCc2ccccc2)o1. The Morgan fingerprint density at radius 2 is 1.92 bits per heavy atom. The van der Waals surface area contributed by atoms with E-state index in [4.69, 9.17) is 4.42 Å². The molecule has 0 amide bonds. The highest BCUT2D eigenvalue weighted by molar-refractivity contribution is 7.89. The molecular weight excluding hydrogens is 326 g/mol. The predicted molar refractivity (Wildman–Crippen MR) is 91.7 cm³/mol. The van der Waals surface area contributed by atoms with Crippen molar-refractivity contribution >= 4 is 10.0 Å². The van der Waals surface area contributed by atoms with Crippen molar-refractivity contribution in [1.82, 2.24) is 14.5 Å². The van der Waals surface area contributed by atoms with Gasteiger partial charge in [-0.25, -0.2) is 13.1 Å². The number of aromatic nitrogens is 2. The molecule has 0 aliphatic rings. The van der Waals surface area contributed by atoms with E-state index in [-0.39, 0.29) is 12.3 Å². The van der Waals surface area contributed by atoms with Gasteiger partial charge in [-0.15, -0.1) is 0 Å². The van der Waals surface area contributed by atoms with E-state index in [2.05, 4.69) is 9.82 Å². The molecule has 3 aromatic rings. The number of furan rings is 1. The molecule has 7 heteroatoms. The summed E-state index contributed by atoms with van der Waals surface area (Å²) < 4.78 is 34.2. The first-order valence-electron chi connectivity index (χ1n) is 7.62. The maximum Gasteiger partial charge on any atom is 0.212 e. The Morgan fingerprint density at radius 3 is 2.62 bits per heavy atom. The van der Waals surface area contributed by atoms with Gasteiger partial charge >= 0.3 is 0 Å². The van der Waals surface area contributed by atoms with E-state index in [1.54, 1.807) is 16.9 Å². The van der Waals surface area contributed by atoms with E-state index in [0.29, 0.717) is 17.9 Å². The van der Waals surface area contributed by atoms with Gasteiger partial charge < -0.3 is 4.42 Å². The first kappa shape index (κ1) is 16.5. The minimum absolute atomic E-state index is 0.0479. The molecule has 0 unspecified atom stereocenters. The zero-order valence-electron chi connectivity index (χ0n) is 13.3. The summed E-state index contributed by atoms with van der Waals surface area (Å²) in [5.41, 5.74) is 1.84. The largest absolute Gasteiger partial charge is 0.458 e. The first-order chi connectivity index (χ1) is 11.5. The normalized spacial score (nSPS) is 11.7. The zero-order valence-corrected chi connectivity index (χ0v) is 14.2. The molecule has 0 fully saturated rings. The zero-order chi connectivity index (χ0) is 17.0. The fraction of sp³-hybridized carbons (Fsp3) is 0.235. The molecule has 0 atom stereocenters. The molecule has 1 N–H and O–H groups in total. The molecule has 0 spiro atoms. The number of hydrogen-bond donors (Lipinski definition) is 1. The number of rotatable bonds is 7. The molecule has 0 radical (unpaired) electrons. The fourth-order valence-corrected chi connectivity index (χ4v) is 3.39. The molecule has 0 aliphatic heterocycles. The molecular formula is C17H19N3O3S. The second kappa shape index (κ2) is 7.02. The molecule has 126 valence electrons. The third-order valence-electron chi connectivity index (χ3n) is 3.70. The molecule has 24 heavy (non-hydrogen) atoms. The van der Waals surface area contributed by atoms with Gasteiger partial charge in [0.2, 0.25) is 10.0 Å². The van der Waals surface area contributed by atoms with Crippen LogP contribution in [0, 0.1) is 0 Å². The summed E-state index contributed by atoms with van der Waals surface area (Å²) in [5, 5.41) is 4.09. The van der Waals surface area contributed by atoms with Crippen molar-refractivity contribution in [3.8, 4) is 11.5 Å². The van der Waals surface area contributed by atoms with Gasteiger partial charge in [-0.1, -0.05) is 30.3 Å². The summed E-state index contributed by atoms with van der Waals surface area (Å²) in [5.74, 6) is 1.27. The Hall–Kier alpha value is -2.38. The van der Waals surface area contributed by atoms with Crippen LogP contribution in [0.25, 0.3) is 11.5 Å². The van der Waals surface area contributed by atoms with Crippen LogP contribution >= 0.6 is 0 Å². The third kappa shape index (κ3) is 4.12. The lowest BCUT2D eigenvalue weighted by atomic mass is 10.2. The Kier molecular flexibility index (Phi) is 4.82. The lowest BCUT2D eigenvalue weighted by Crippen LogP contribution is -2.26. The highest BCUT2D eigenvalue weighted by Gasteiger charge is 2.13. The summed E-state index contributed by atoms with van der Waals surface area (Å²) in [7, 11) is -1.53. The second-order valence-corrected chi connectivity index (χ2v) is 7.41. The van der Waals surface area contributed by atoms with E-state index in [0.717, 1.165) is 11.3 Å². The van der Waals surface area contributed by atoms with Gasteiger partial charge in [0.25, 0.3) is 0 Å². The highest BCUT2D eigenvalue weighted by atomic mass is 32.2. The molecule has 1 aromatic carbocycles. The first-order valence-corrected chi connectivity index (χ1v) is 9.27. The highest BCUT2D eigenvalue weighted by Crippen LogP contribution is 2.21. The number of nitrogens with one attached hydrogen (secondary N) is 1. The molecule has 0 aliphatic carbocycles. The predicted octanol–water partition coefficient (Wildman–Crippen LogP) is 2.34. The summed E-state index contributed by atoms with van der Waals surface area (Å²) in [6.45, 7) is 0.134. The van der Waals surface area contributed by atoms with Gasteiger partial charge in [0.15, 0.2) is 5.76 Å². The van der Waals surface area contributed by atoms with Gasteiger partial charge in [0, 0.05) is 13.2 Å². The van der Waals surface area contributed by atoms with Crippen molar-refractivity contribution in [3.63, 3.8) is 0 Å². The standard InChI is InChI=1S/C17H19N3O3S/c1-20-16(9-11-18-20)17-8-7-15(23-17)13-19-24(21,22)12-10-14-5-3-2-4-6-14/h2-9,11,19H,10,12-13H2,1H3. The number of aryl methyl sites for hydroxylation is 2. The summed E-state index contributed by atoms with van der Waals surface area (Å²) in [4.78, 5) is 0. The van der Waals surface area contributed by atoms with Crippen molar-refractivity contribution in [1.29, 1.82) is 0 Å². The minimum atomic E-state index is -3.36. The van der Waals surface area contributed by atoms with Crippen LogP contribution in [0.3, 0.4) is 0 Å². The van der Waals surface area contributed by atoms with Gasteiger partial charge in [-0.2, -0.15) is 5.10 Å². The van der Waals surface area contributed by atoms with Gasteiger partial charge in [-0.05, 0) is 30.2 Å². The maximum atomic E-state index is 12.1.